The lowest BCUT2D eigenvalue weighted by Gasteiger charge is -2.09. The summed E-state index contributed by atoms with van der Waals surface area (Å²) >= 11 is 0. The van der Waals surface area contributed by atoms with Crippen LogP contribution in [0.4, 0.5) is 0 Å². The van der Waals surface area contributed by atoms with E-state index in [1.807, 2.05) is 30.5 Å². The summed E-state index contributed by atoms with van der Waals surface area (Å²) < 4.78 is 6.49. The Kier molecular flexibility index (Phi) is 3.84. The van der Waals surface area contributed by atoms with Crippen LogP contribution in [0.5, 0.6) is 0 Å². The molecule has 0 spiro atoms. The van der Waals surface area contributed by atoms with E-state index in [4.69, 9.17) is 9.40 Å². The van der Waals surface area contributed by atoms with Gasteiger partial charge in [0, 0.05) is 28.7 Å². The van der Waals surface area contributed by atoms with Crippen LogP contribution in [0.3, 0.4) is 0 Å². The molecular formula is C30H18N2O. The van der Waals surface area contributed by atoms with Gasteiger partial charge in [0.1, 0.15) is 11.2 Å². The standard InChI is InChI=1S/C30H18N2O/c1-2-17-31-25(11-1)26-15-13-20(18-32-26)21-14-16-28-30-22(21)9-5-10-24(30)23-8-3-6-19-7-4-12-27(33-28)29(19)23/h1-18H. The van der Waals surface area contributed by atoms with Crippen LogP contribution in [-0.4, -0.2) is 9.97 Å². The normalized spacial score (nSPS) is 11.6. The molecule has 0 radical (unpaired) electrons. The fourth-order valence-electron chi connectivity index (χ4n) is 4.89. The van der Waals surface area contributed by atoms with Crippen LogP contribution in [0.25, 0.3) is 66.0 Å². The van der Waals surface area contributed by atoms with Gasteiger partial charge in [0.2, 0.25) is 0 Å². The van der Waals surface area contributed by atoms with Gasteiger partial charge in [-0.3, -0.25) is 9.97 Å². The average Bonchev–Trinajstić information content (AvgIpc) is 3.02. The number of fused-ring (bicyclic) bond motifs is 1. The first kappa shape index (κ1) is 18.1. The molecule has 0 fully saturated rings. The van der Waals surface area contributed by atoms with Crippen LogP contribution in [0.1, 0.15) is 0 Å². The minimum absolute atomic E-state index is 0.865. The lowest BCUT2D eigenvalue weighted by atomic mass is 9.95. The Morgan fingerprint density at radius 1 is 0.515 bits per heavy atom. The van der Waals surface area contributed by atoms with Gasteiger partial charge in [-0.1, -0.05) is 60.7 Å². The Morgan fingerprint density at radius 3 is 2.09 bits per heavy atom. The van der Waals surface area contributed by atoms with Crippen molar-refractivity contribution in [3.63, 3.8) is 0 Å². The number of hydrogen-bond acceptors (Lipinski definition) is 3. The molecular weight excluding hydrogens is 404 g/mol. The van der Waals surface area contributed by atoms with E-state index in [0.717, 1.165) is 49.8 Å². The highest BCUT2D eigenvalue weighted by Crippen LogP contribution is 2.39. The van der Waals surface area contributed by atoms with Crippen molar-refractivity contribution in [1.82, 2.24) is 9.97 Å². The van der Waals surface area contributed by atoms with Crippen LogP contribution in [0.15, 0.2) is 114 Å². The van der Waals surface area contributed by atoms with Crippen LogP contribution in [0.2, 0.25) is 0 Å². The molecule has 0 aliphatic heterocycles. The second kappa shape index (κ2) is 7.01. The molecule has 7 rings (SSSR count). The first-order valence-electron chi connectivity index (χ1n) is 11.0. The van der Waals surface area contributed by atoms with Crippen molar-refractivity contribution in [2.24, 2.45) is 0 Å². The molecule has 154 valence electrons. The fraction of sp³-hybridized carbons (Fsp3) is 0. The first-order valence-corrected chi connectivity index (χ1v) is 11.0. The van der Waals surface area contributed by atoms with Gasteiger partial charge in [-0.05, 0) is 63.5 Å². The Bertz CT molecular complexity index is 1790. The maximum Gasteiger partial charge on any atom is 0.135 e. The van der Waals surface area contributed by atoms with Gasteiger partial charge in [-0.15, -0.1) is 0 Å². The summed E-state index contributed by atoms with van der Waals surface area (Å²) in [6.07, 6.45) is 3.72. The predicted octanol–water partition coefficient (Wildman–Crippen LogP) is 8.02. The topological polar surface area (TPSA) is 38.9 Å². The number of rotatable bonds is 2. The monoisotopic (exact) mass is 422 g/mol. The summed E-state index contributed by atoms with van der Waals surface area (Å²) in [6, 6.07) is 33.4. The molecule has 0 bridgehead atoms. The first-order chi connectivity index (χ1) is 16.4. The molecule has 0 unspecified atom stereocenters. The third-order valence-electron chi connectivity index (χ3n) is 6.38. The van der Waals surface area contributed by atoms with Gasteiger partial charge in [0.25, 0.3) is 0 Å². The molecule has 3 heterocycles. The van der Waals surface area contributed by atoms with Gasteiger partial charge in [-0.25, -0.2) is 0 Å². The molecule has 3 aromatic heterocycles. The Morgan fingerprint density at radius 2 is 1.27 bits per heavy atom. The van der Waals surface area contributed by atoms with Crippen molar-refractivity contribution in [3.8, 4) is 22.5 Å². The van der Waals surface area contributed by atoms with Gasteiger partial charge in [0.05, 0.1) is 11.4 Å². The van der Waals surface area contributed by atoms with E-state index >= 15 is 0 Å². The van der Waals surface area contributed by atoms with Crippen molar-refractivity contribution in [2.75, 3.05) is 0 Å². The molecule has 0 saturated carbocycles. The maximum atomic E-state index is 6.49. The molecule has 3 nitrogen and oxygen atoms in total. The summed E-state index contributed by atoms with van der Waals surface area (Å²) in [5.41, 5.74) is 5.72. The van der Waals surface area contributed by atoms with Crippen LogP contribution in [0, 0.1) is 0 Å². The van der Waals surface area contributed by atoms with Crippen LogP contribution < -0.4 is 0 Å². The van der Waals surface area contributed by atoms with E-state index in [9.17, 15) is 0 Å². The second-order valence-electron chi connectivity index (χ2n) is 8.25. The molecule has 4 aromatic carbocycles. The molecule has 3 heteroatoms. The predicted molar refractivity (Wildman–Crippen MR) is 135 cm³/mol. The Labute approximate surface area is 190 Å². The van der Waals surface area contributed by atoms with Gasteiger partial charge < -0.3 is 4.42 Å². The number of nitrogens with zero attached hydrogens (tertiary/aromatic N) is 2. The summed E-state index contributed by atoms with van der Waals surface area (Å²) in [6.45, 7) is 0. The molecule has 7 aromatic rings. The molecule has 0 aliphatic rings. The highest BCUT2D eigenvalue weighted by Gasteiger charge is 2.14. The summed E-state index contributed by atoms with van der Waals surface area (Å²) in [5.74, 6) is 0. The highest BCUT2D eigenvalue weighted by atomic mass is 16.3. The van der Waals surface area contributed by atoms with Crippen molar-refractivity contribution in [2.45, 2.75) is 0 Å². The van der Waals surface area contributed by atoms with E-state index in [0.29, 0.717) is 0 Å². The van der Waals surface area contributed by atoms with Crippen molar-refractivity contribution < 1.29 is 4.42 Å². The van der Waals surface area contributed by atoms with Crippen LogP contribution in [-0.2, 0) is 0 Å². The van der Waals surface area contributed by atoms with Crippen molar-refractivity contribution >= 4 is 43.5 Å². The van der Waals surface area contributed by atoms with E-state index < -0.39 is 0 Å². The van der Waals surface area contributed by atoms with Gasteiger partial charge >= 0.3 is 0 Å². The van der Waals surface area contributed by atoms with Gasteiger partial charge in [-0.2, -0.15) is 0 Å². The minimum Gasteiger partial charge on any atom is -0.456 e. The number of hydrogen-bond donors (Lipinski definition) is 0. The zero-order valence-corrected chi connectivity index (χ0v) is 17.7. The minimum atomic E-state index is 0.865. The summed E-state index contributed by atoms with van der Waals surface area (Å²) in [4.78, 5) is 9.11. The largest absolute Gasteiger partial charge is 0.456 e. The lowest BCUT2D eigenvalue weighted by molar-refractivity contribution is 0.664. The van der Waals surface area contributed by atoms with E-state index in [1.165, 1.54) is 16.2 Å². The quantitative estimate of drug-likeness (QED) is 0.283. The molecule has 33 heavy (non-hydrogen) atoms. The second-order valence-corrected chi connectivity index (χ2v) is 8.25. The molecule has 0 atom stereocenters. The van der Waals surface area contributed by atoms with E-state index in [2.05, 4.69) is 77.8 Å². The lowest BCUT2D eigenvalue weighted by Crippen LogP contribution is -1.88. The number of benzene rings is 4. The smallest absolute Gasteiger partial charge is 0.135 e. The molecule has 0 amide bonds. The zero-order chi connectivity index (χ0) is 21.8. The summed E-state index contributed by atoms with van der Waals surface area (Å²) in [5, 5.41) is 7.02. The Hall–Kier alpha value is -4.50. The van der Waals surface area contributed by atoms with Crippen LogP contribution >= 0.6 is 0 Å². The van der Waals surface area contributed by atoms with Crippen molar-refractivity contribution in [1.29, 1.82) is 0 Å². The highest BCUT2D eigenvalue weighted by molar-refractivity contribution is 6.24. The third-order valence-corrected chi connectivity index (χ3v) is 6.38. The SMILES string of the molecule is c1ccc(-c2ccc(-c3ccc4oc5cccc6cccc(c7cccc3c47)c65)cn2)nc1. The molecule has 0 aliphatic carbocycles. The molecule has 0 N–H and O–H groups in total. The maximum absolute atomic E-state index is 6.49. The number of aromatic nitrogens is 2. The zero-order valence-electron chi connectivity index (χ0n) is 17.7. The van der Waals surface area contributed by atoms with Gasteiger partial charge in [0.15, 0.2) is 0 Å². The summed E-state index contributed by atoms with van der Waals surface area (Å²) in [7, 11) is 0. The van der Waals surface area contributed by atoms with E-state index in [1.54, 1.807) is 6.20 Å². The number of pyridine rings is 2. The third kappa shape index (κ3) is 2.76. The van der Waals surface area contributed by atoms with E-state index in [-0.39, 0.29) is 0 Å². The molecule has 0 saturated heterocycles. The fourth-order valence-corrected chi connectivity index (χ4v) is 4.89. The van der Waals surface area contributed by atoms with Crippen molar-refractivity contribution in [3.05, 3.63) is 109 Å². The average molecular weight is 422 g/mol. The Balaban J connectivity index is 1.52.